The number of thiophene rings is 1. The van der Waals surface area contributed by atoms with Crippen LogP contribution < -0.4 is 5.32 Å². The van der Waals surface area contributed by atoms with Crippen LogP contribution in [0.25, 0.3) is 10.2 Å². The minimum atomic E-state index is -0.596. The fraction of sp³-hybridized carbons (Fsp3) is 0.375. The minimum absolute atomic E-state index is 0.0488. The van der Waals surface area contributed by atoms with E-state index in [0.29, 0.717) is 32.2 Å². The van der Waals surface area contributed by atoms with E-state index in [2.05, 4.69) is 15.3 Å². The monoisotopic (exact) mass is 483 g/mol. The van der Waals surface area contributed by atoms with E-state index in [4.69, 9.17) is 14.2 Å². The van der Waals surface area contributed by atoms with Gasteiger partial charge in [-0.05, 0) is 56.4 Å². The molecule has 0 saturated heterocycles. The molecule has 9 nitrogen and oxygen atoms in total. The van der Waals surface area contributed by atoms with E-state index in [-0.39, 0.29) is 23.2 Å². The van der Waals surface area contributed by atoms with Gasteiger partial charge in [-0.15, -0.1) is 11.3 Å². The zero-order chi connectivity index (χ0) is 24.2. The molecule has 1 saturated carbocycles. The van der Waals surface area contributed by atoms with Crippen LogP contribution in [0.5, 0.6) is 0 Å². The number of methoxy groups -OCH3 is 2. The van der Waals surface area contributed by atoms with Crippen molar-refractivity contribution in [1.82, 2.24) is 9.97 Å². The SMILES string of the molecule is COC(=O)c1cc(Nc2ncnc3sc(C(=O)OC4CCCCC4)c(C)c23)cc(C(=O)OC)c1. The molecule has 1 fully saturated rings. The smallest absolute Gasteiger partial charge is 0.348 e. The number of esters is 3. The summed E-state index contributed by atoms with van der Waals surface area (Å²) in [4.78, 5) is 46.9. The van der Waals surface area contributed by atoms with E-state index in [1.54, 1.807) is 12.1 Å². The van der Waals surface area contributed by atoms with Crippen LogP contribution in [0.2, 0.25) is 0 Å². The topological polar surface area (TPSA) is 117 Å². The lowest BCUT2D eigenvalue weighted by Gasteiger charge is -2.21. The summed E-state index contributed by atoms with van der Waals surface area (Å²) in [6.07, 6.45) is 6.44. The highest BCUT2D eigenvalue weighted by molar-refractivity contribution is 7.20. The van der Waals surface area contributed by atoms with Gasteiger partial charge in [0.05, 0.1) is 30.7 Å². The van der Waals surface area contributed by atoms with Gasteiger partial charge in [0.1, 0.15) is 28.0 Å². The van der Waals surface area contributed by atoms with Gasteiger partial charge in [-0.2, -0.15) is 0 Å². The number of hydrogen-bond donors (Lipinski definition) is 1. The van der Waals surface area contributed by atoms with Crippen LogP contribution in [0.4, 0.5) is 11.5 Å². The number of nitrogens with zero attached hydrogens (tertiary/aromatic N) is 2. The van der Waals surface area contributed by atoms with Crippen molar-refractivity contribution in [3.8, 4) is 0 Å². The number of anilines is 2. The van der Waals surface area contributed by atoms with Crippen molar-refractivity contribution in [3.05, 3.63) is 46.1 Å². The number of carbonyl (C=O) groups is 3. The van der Waals surface area contributed by atoms with Crippen molar-refractivity contribution < 1.29 is 28.6 Å². The highest BCUT2D eigenvalue weighted by Crippen LogP contribution is 2.36. The molecular formula is C24H25N3O6S. The fourth-order valence-electron chi connectivity index (χ4n) is 4.06. The maximum absolute atomic E-state index is 12.9. The average molecular weight is 484 g/mol. The third kappa shape index (κ3) is 4.86. The van der Waals surface area contributed by atoms with Gasteiger partial charge in [0, 0.05) is 5.69 Å². The second-order valence-electron chi connectivity index (χ2n) is 8.03. The summed E-state index contributed by atoms with van der Waals surface area (Å²) >= 11 is 1.25. The molecule has 1 N–H and O–H groups in total. The Balaban J connectivity index is 1.68. The largest absolute Gasteiger partial charge is 0.465 e. The zero-order valence-corrected chi connectivity index (χ0v) is 20.0. The number of hydrogen-bond acceptors (Lipinski definition) is 10. The van der Waals surface area contributed by atoms with E-state index < -0.39 is 11.9 Å². The summed E-state index contributed by atoms with van der Waals surface area (Å²) in [5, 5.41) is 3.82. The predicted molar refractivity (Wildman–Crippen MR) is 127 cm³/mol. The first-order chi connectivity index (χ1) is 16.4. The van der Waals surface area contributed by atoms with Crippen molar-refractivity contribution in [3.63, 3.8) is 0 Å². The third-order valence-corrected chi connectivity index (χ3v) is 6.96. The van der Waals surface area contributed by atoms with Crippen LogP contribution in [0.3, 0.4) is 0 Å². The number of carbonyl (C=O) groups excluding carboxylic acids is 3. The molecule has 0 radical (unpaired) electrons. The first-order valence-electron chi connectivity index (χ1n) is 10.9. The molecule has 1 aromatic carbocycles. The number of ether oxygens (including phenoxy) is 3. The average Bonchev–Trinajstić information content (AvgIpc) is 3.20. The number of aryl methyl sites for hydroxylation is 1. The molecule has 1 aliphatic rings. The van der Waals surface area contributed by atoms with Crippen molar-refractivity contribution in [2.45, 2.75) is 45.1 Å². The molecule has 0 bridgehead atoms. The molecule has 0 spiro atoms. The van der Waals surface area contributed by atoms with Gasteiger partial charge >= 0.3 is 17.9 Å². The van der Waals surface area contributed by atoms with Gasteiger partial charge in [0.15, 0.2) is 0 Å². The number of nitrogens with one attached hydrogen (secondary N) is 1. The van der Waals surface area contributed by atoms with Gasteiger partial charge in [-0.3, -0.25) is 0 Å². The van der Waals surface area contributed by atoms with Crippen LogP contribution in [-0.4, -0.2) is 48.2 Å². The van der Waals surface area contributed by atoms with E-state index in [1.807, 2.05) is 6.92 Å². The summed E-state index contributed by atoms with van der Waals surface area (Å²) < 4.78 is 15.3. The Bertz CT molecular complexity index is 1210. The van der Waals surface area contributed by atoms with Crippen molar-refractivity contribution in [2.24, 2.45) is 0 Å². The van der Waals surface area contributed by atoms with E-state index in [9.17, 15) is 14.4 Å². The Morgan fingerprint density at radius 1 is 0.941 bits per heavy atom. The van der Waals surface area contributed by atoms with Crippen LogP contribution >= 0.6 is 11.3 Å². The Labute approximate surface area is 200 Å². The van der Waals surface area contributed by atoms with Gasteiger partial charge < -0.3 is 19.5 Å². The lowest BCUT2D eigenvalue weighted by molar-refractivity contribution is 0.0216. The third-order valence-electron chi connectivity index (χ3n) is 5.78. The van der Waals surface area contributed by atoms with Crippen molar-refractivity contribution >= 4 is 51.0 Å². The molecule has 0 unspecified atom stereocenters. The Morgan fingerprint density at radius 3 is 2.21 bits per heavy atom. The van der Waals surface area contributed by atoms with E-state index in [0.717, 1.165) is 25.7 Å². The molecule has 2 aromatic heterocycles. The van der Waals surface area contributed by atoms with Crippen molar-refractivity contribution in [2.75, 3.05) is 19.5 Å². The minimum Gasteiger partial charge on any atom is -0.465 e. The molecule has 0 aliphatic heterocycles. The summed E-state index contributed by atoms with van der Waals surface area (Å²) in [5.41, 5.74) is 1.50. The quantitative estimate of drug-likeness (QED) is 0.389. The van der Waals surface area contributed by atoms with Gasteiger partial charge in [0.2, 0.25) is 0 Å². The maximum atomic E-state index is 12.9. The van der Waals surface area contributed by atoms with E-state index in [1.165, 1.54) is 44.4 Å². The van der Waals surface area contributed by atoms with E-state index >= 15 is 0 Å². The number of benzene rings is 1. The highest BCUT2D eigenvalue weighted by Gasteiger charge is 2.24. The van der Waals surface area contributed by atoms with Crippen LogP contribution in [0, 0.1) is 6.92 Å². The Kier molecular flexibility index (Phi) is 7.06. The lowest BCUT2D eigenvalue weighted by atomic mass is 9.98. The molecule has 3 aromatic rings. The molecule has 10 heteroatoms. The van der Waals surface area contributed by atoms with Crippen LogP contribution in [0.15, 0.2) is 24.5 Å². The second-order valence-corrected chi connectivity index (χ2v) is 9.03. The number of fused-ring (bicyclic) bond motifs is 1. The molecular weight excluding hydrogens is 458 g/mol. The normalized spacial score (nSPS) is 14.0. The van der Waals surface area contributed by atoms with Gasteiger partial charge in [0.25, 0.3) is 0 Å². The van der Waals surface area contributed by atoms with Gasteiger partial charge in [-0.1, -0.05) is 6.42 Å². The predicted octanol–water partition coefficient (Wildman–Crippen LogP) is 4.81. The molecule has 34 heavy (non-hydrogen) atoms. The number of rotatable bonds is 6. The summed E-state index contributed by atoms with van der Waals surface area (Å²) in [6.45, 7) is 1.83. The lowest BCUT2D eigenvalue weighted by Crippen LogP contribution is -2.20. The highest BCUT2D eigenvalue weighted by atomic mass is 32.1. The molecule has 0 atom stereocenters. The first kappa shape index (κ1) is 23.6. The Morgan fingerprint density at radius 2 is 1.59 bits per heavy atom. The van der Waals surface area contributed by atoms with Crippen molar-refractivity contribution in [1.29, 1.82) is 0 Å². The first-order valence-corrected chi connectivity index (χ1v) is 11.8. The Hall–Kier alpha value is -3.53. The standard InChI is InChI=1S/C24H25N3O6S/c1-13-18-20(27-16-10-14(22(28)31-2)9-15(11-16)23(29)32-3)25-12-26-21(18)34-19(13)24(30)33-17-7-5-4-6-8-17/h9-12,17H,4-8H2,1-3H3,(H,25,26,27). The number of aromatic nitrogens is 2. The molecule has 0 amide bonds. The molecule has 2 heterocycles. The molecule has 4 rings (SSSR count). The van der Waals surface area contributed by atoms with Gasteiger partial charge in [-0.25, -0.2) is 24.4 Å². The summed E-state index contributed by atoms with van der Waals surface area (Å²) in [7, 11) is 2.52. The second kappa shape index (κ2) is 10.2. The maximum Gasteiger partial charge on any atom is 0.348 e. The zero-order valence-electron chi connectivity index (χ0n) is 19.2. The fourth-order valence-corrected chi connectivity index (χ4v) is 5.09. The molecule has 1 aliphatic carbocycles. The van der Waals surface area contributed by atoms with Crippen LogP contribution in [0.1, 0.15) is 68.1 Å². The summed E-state index contributed by atoms with van der Waals surface area (Å²) in [6, 6.07) is 4.49. The van der Waals surface area contributed by atoms with Crippen LogP contribution in [-0.2, 0) is 14.2 Å². The summed E-state index contributed by atoms with van der Waals surface area (Å²) in [5.74, 6) is -1.10. The molecule has 178 valence electrons.